The second-order valence-electron chi connectivity index (χ2n) is 8.25. The Balaban J connectivity index is 1.62. The summed E-state index contributed by atoms with van der Waals surface area (Å²) in [4.78, 5) is 7.39. The molecule has 0 radical (unpaired) electrons. The number of aromatic nitrogens is 3. The summed E-state index contributed by atoms with van der Waals surface area (Å²) in [6.45, 7) is 11.4. The van der Waals surface area contributed by atoms with Crippen LogP contribution in [-0.4, -0.2) is 57.8 Å². The van der Waals surface area contributed by atoms with Gasteiger partial charge in [0.2, 0.25) is 0 Å². The molecule has 3 rings (SSSR count). The maximum atomic E-state index is 4.83. The van der Waals surface area contributed by atoms with Crippen LogP contribution in [0.25, 0.3) is 0 Å². The van der Waals surface area contributed by atoms with Crippen LogP contribution in [-0.2, 0) is 13.6 Å². The van der Waals surface area contributed by atoms with Crippen molar-refractivity contribution in [2.45, 2.75) is 71.9 Å². The predicted molar refractivity (Wildman–Crippen MR) is 110 cm³/mol. The summed E-state index contributed by atoms with van der Waals surface area (Å²) in [6, 6.07) is 0.614. The van der Waals surface area contributed by atoms with Crippen molar-refractivity contribution in [3.63, 3.8) is 0 Å². The molecule has 1 saturated heterocycles. The summed E-state index contributed by atoms with van der Waals surface area (Å²) in [7, 11) is 2.00. The number of aryl methyl sites for hydroxylation is 1. The van der Waals surface area contributed by atoms with Crippen molar-refractivity contribution in [3.8, 4) is 0 Å². The van der Waals surface area contributed by atoms with E-state index in [1.807, 2.05) is 18.5 Å². The van der Waals surface area contributed by atoms with Crippen molar-refractivity contribution in [3.05, 3.63) is 11.6 Å². The van der Waals surface area contributed by atoms with E-state index in [0.29, 0.717) is 18.0 Å². The van der Waals surface area contributed by atoms with Gasteiger partial charge in [-0.3, -0.25) is 4.90 Å². The van der Waals surface area contributed by atoms with Gasteiger partial charge in [-0.2, -0.15) is 0 Å². The van der Waals surface area contributed by atoms with Crippen molar-refractivity contribution >= 4 is 5.96 Å². The highest BCUT2D eigenvalue weighted by Crippen LogP contribution is 2.42. The molecular weight excluding hydrogens is 338 g/mol. The Labute approximate surface area is 164 Å². The Hall–Kier alpha value is -1.63. The van der Waals surface area contributed by atoms with Crippen LogP contribution in [0, 0.1) is 12.3 Å². The number of aliphatic imine (C=N–C) groups is 1. The summed E-state index contributed by atoms with van der Waals surface area (Å²) >= 11 is 0. The van der Waals surface area contributed by atoms with E-state index in [-0.39, 0.29) is 0 Å². The fourth-order valence-corrected chi connectivity index (χ4v) is 4.27. The monoisotopic (exact) mass is 375 g/mol. The van der Waals surface area contributed by atoms with E-state index >= 15 is 0 Å². The number of nitrogens with zero attached hydrogens (tertiary/aromatic N) is 5. The van der Waals surface area contributed by atoms with Gasteiger partial charge in [-0.1, -0.05) is 20.3 Å². The number of hydrogen-bond donors (Lipinski definition) is 2. The Morgan fingerprint density at radius 1 is 1.22 bits per heavy atom. The number of guanidine groups is 1. The van der Waals surface area contributed by atoms with Gasteiger partial charge < -0.3 is 15.2 Å². The molecule has 2 fully saturated rings. The molecular formula is C20H37N7. The highest BCUT2D eigenvalue weighted by atomic mass is 15.3. The maximum Gasteiger partial charge on any atom is 0.191 e. The van der Waals surface area contributed by atoms with Gasteiger partial charge in [0.1, 0.15) is 12.4 Å². The molecule has 1 aromatic rings. The average molecular weight is 376 g/mol. The molecule has 0 aromatic carbocycles. The Morgan fingerprint density at radius 3 is 2.63 bits per heavy atom. The van der Waals surface area contributed by atoms with E-state index in [0.717, 1.165) is 37.2 Å². The minimum Gasteiger partial charge on any atom is -0.356 e. The SMILES string of the molecule is CCN1CCCC1CNC(=NCc1nnc(C)n1C)NCC1(CC)CCC1. The lowest BCUT2D eigenvalue weighted by Gasteiger charge is -2.41. The van der Waals surface area contributed by atoms with Crippen molar-refractivity contribution in [2.24, 2.45) is 17.5 Å². The Morgan fingerprint density at radius 2 is 2.04 bits per heavy atom. The van der Waals surface area contributed by atoms with Crippen LogP contribution in [0.15, 0.2) is 4.99 Å². The lowest BCUT2D eigenvalue weighted by molar-refractivity contribution is 0.131. The highest BCUT2D eigenvalue weighted by molar-refractivity contribution is 5.79. The Kier molecular flexibility index (Phi) is 6.73. The lowest BCUT2D eigenvalue weighted by atomic mass is 9.67. The summed E-state index contributed by atoms with van der Waals surface area (Å²) in [5, 5.41) is 15.6. The molecule has 7 heteroatoms. The quantitative estimate of drug-likeness (QED) is 0.539. The number of likely N-dealkylation sites (N-methyl/N-ethyl adjacent to an activating group) is 1. The number of likely N-dealkylation sites (tertiary alicyclic amines) is 1. The smallest absolute Gasteiger partial charge is 0.191 e. The van der Waals surface area contributed by atoms with Crippen LogP contribution in [0.3, 0.4) is 0 Å². The molecule has 152 valence electrons. The highest BCUT2D eigenvalue weighted by Gasteiger charge is 2.35. The van der Waals surface area contributed by atoms with Gasteiger partial charge in [0.15, 0.2) is 11.8 Å². The van der Waals surface area contributed by atoms with Crippen LogP contribution in [0.4, 0.5) is 0 Å². The third kappa shape index (κ3) is 4.81. The lowest BCUT2D eigenvalue weighted by Crippen LogP contribution is -2.49. The van der Waals surface area contributed by atoms with Gasteiger partial charge in [-0.15, -0.1) is 10.2 Å². The van der Waals surface area contributed by atoms with Crippen LogP contribution in [0.5, 0.6) is 0 Å². The normalized spacial score (nSPS) is 22.7. The van der Waals surface area contributed by atoms with Gasteiger partial charge in [0.05, 0.1) is 0 Å². The minimum atomic E-state index is 0.465. The van der Waals surface area contributed by atoms with Crippen molar-refractivity contribution in [1.82, 2.24) is 30.3 Å². The van der Waals surface area contributed by atoms with Crippen molar-refractivity contribution in [1.29, 1.82) is 0 Å². The van der Waals surface area contributed by atoms with E-state index in [1.54, 1.807) is 0 Å². The van der Waals surface area contributed by atoms with Gasteiger partial charge in [-0.05, 0) is 57.5 Å². The standard InChI is InChI=1S/C20H37N7/c1-5-20(10-8-11-20)15-23-19(21-13-17-9-7-12-27(17)6-2)22-14-18-25-24-16(3)26(18)4/h17H,5-15H2,1-4H3,(H2,21,22,23). The molecule has 1 aliphatic heterocycles. The first kappa shape index (κ1) is 20.1. The Bertz CT molecular complexity index is 627. The molecule has 2 aliphatic rings. The molecule has 0 bridgehead atoms. The van der Waals surface area contributed by atoms with E-state index in [2.05, 4.69) is 39.6 Å². The van der Waals surface area contributed by atoms with Crippen molar-refractivity contribution in [2.75, 3.05) is 26.2 Å². The summed E-state index contributed by atoms with van der Waals surface area (Å²) in [5.74, 6) is 2.74. The fourth-order valence-electron chi connectivity index (χ4n) is 4.27. The molecule has 0 amide bonds. The fraction of sp³-hybridized carbons (Fsp3) is 0.850. The topological polar surface area (TPSA) is 70.4 Å². The summed E-state index contributed by atoms with van der Waals surface area (Å²) in [5.41, 5.74) is 0.465. The molecule has 1 aromatic heterocycles. The zero-order valence-corrected chi connectivity index (χ0v) is 17.6. The minimum absolute atomic E-state index is 0.465. The average Bonchev–Trinajstić information content (AvgIpc) is 3.23. The predicted octanol–water partition coefficient (Wildman–Crippen LogP) is 2.22. The molecule has 1 aliphatic carbocycles. The molecule has 2 heterocycles. The third-order valence-corrected chi connectivity index (χ3v) is 6.77. The van der Waals surface area contributed by atoms with Gasteiger partial charge in [0, 0.05) is 26.2 Å². The maximum absolute atomic E-state index is 4.83. The van der Waals surface area contributed by atoms with Crippen LogP contribution in [0.1, 0.15) is 64.0 Å². The second-order valence-corrected chi connectivity index (χ2v) is 8.25. The largest absolute Gasteiger partial charge is 0.356 e. The third-order valence-electron chi connectivity index (χ3n) is 6.77. The first-order chi connectivity index (χ1) is 13.1. The van der Waals surface area contributed by atoms with Crippen LogP contribution >= 0.6 is 0 Å². The number of rotatable bonds is 8. The first-order valence-corrected chi connectivity index (χ1v) is 10.7. The van der Waals surface area contributed by atoms with E-state index in [1.165, 1.54) is 45.1 Å². The van der Waals surface area contributed by atoms with Gasteiger partial charge >= 0.3 is 0 Å². The summed E-state index contributed by atoms with van der Waals surface area (Å²) < 4.78 is 2.01. The van der Waals surface area contributed by atoms with E-state index in [4.69, 9.17) is 4.99 Å². The molecule has 7 nitrogen and oxygen atoms in total. The molecule has 2 N–H and O–H groups in total. The van der Waals surface area contributed by atoms with Gasteiger partial charge in [0.25, 0.3) is 0 Å². The zero-order chi connectivity index (χ0) is 19.3. The van der Waals surface area contributed by atoms with E-state index in [9.17, 15) is 0 Å². The van der Waals surface area contributed by atoms with Crippen LogP contribution in [0.2, 0.25) is 0 Å². The first-order valence-electron chi connectivity index (χ1n) is 10.7. The van der Waals surface area contributed by atoms with Gasteiger partial charge in [-0.25, -0.2) is 4.99 Å². The molecule has 27 heavy (non-hydrogen) atoms. The second kappa shape index (κ2) is 9.04. The van der Waals surface area contributed by atoms with Crippen molar-refractivity contribution < 1.29 is 0 Å². The molecule has 1 saturated carbocycles. The molecule has 1 atom stereocenters. The van der Waals surface area contributed by atoms with E-state index < -0.39 is 0 Å². The molecule has 0 spiro atoms. The number of nitrogens with one attached hydrogen (secondary N) is 2. The zero-order valence-electron chi connectivity index (χ0n) is 17.6. The number of hydrogen-bond acceptors (Lipinski definition) is 4. The van der Waals surface area contributed by atoms with Crippen LogP contribution < -0.4 is 10.6 Å². The molecule has 1 unspecified atom stereocenters. The summed E-state index contributed by atoms with van der Waals surface area (Å²) in [6.07, 6.45) is 7.84.